The molecule has 2 aliphatic rings. The molecule has 1 fully saturated rings. The summed E-state index contributed by atoms with van der Waals surface area (Å²) in [4.78, 5) is 17.1. The molecule has 2 aliphatic heterocycles. The van der Waals surface area contributed by atoms with Crippen molar-refractivity contribution in [3.63, 3.8) is 0 Å². The van der Waals surface area contributed by atoms with Crippen LogP contribution in [0, 0.1) is 5.82 Å². The molecule has 1 amide bonds. The van der Waals surface area contributed by atoms with Crippen molar-refractivity contribution >= 4 is 5.91 Å². The van der Waals surface area contributed by atoms with Gasteiger partial charge < -0.3 is 4.90 Å². The molecule has 0 saturated carbocycles. The molecular weight excluding hydrogens is 345 g/mol. The zero-order valence-corrected chi connectivity index (χ0v) is 15.6. The van der Waals surface area contributed by atoms with Crippen LogP contribution < -0.4 is 0 Å². The third kappa shape index (κ3) is 4.35. The number of likely N-dealkylation sites (tertiary alicyclic amines) is 1. The average molecular weight is 371 g/mol. The van der Waals surface area contributed by atoms with Gasteiger partial charge in [-0.2, -0.15) is 0 Å². The molecule has 0 spiro atoms. The Morgan fingerprint density at radius 3 is 2.56 bits per heavy atom. The number of hydrogen-bond donors (Lipinski definition) is 0. The summed E-state index contributed by atoms with van der Waals surface area (Å²) in [6.07, 6.45) is 4.96. The molecule has 144 valence electrons. The Balaban J connectivity index is 1.45. The second-order valence-corrected chi connectivity index (χ2v) is 7.51. The van der Waals surface area contributed by atoms with E-state index in [0.717, 1.165) is 49.6 Å². The monoisotopic (exact) mass is 371 g/mol. The number of aromatic nitrogens is 3. The zero-order valence-electron chi connectivity index (χ0n) is 15.6. The van der Waals surface area contributed by atoms with Crippen molar-refractivity contribution in [2.24, 2.45) is 0 Å². The van der Waals surface area contributed by atoms with Crippen LogP contribution in [-0.2, 0) is 30.8 Å². The van der Waals surface area contributed by atoms with Crippen molar-refractivity contribution in [3.8, 4) is 0 Å². The second kappa shape index (κ2) is 8.17. The second-order valence-electron chi connectivity index (χ2n) is 7.51. The van der Waals surface area contributed by atoms with Crippen molar-refractivity contribution in [1.82, 2.24) is 24.8 Å². The normalized spacial score (nSPS) is 18.2. The van der Waals surface area contributed by atoms with Gasteiger partial charge in [0.2, 0.25) is 5.91 Å². The third-order valence-corrected chi connectivity index (χ3v) is 5.50. The zero-order chi connectivity index (χ0) is 18.6. The van der Waals surface area contributed by atoms with Gasteiger partial charge in [-0.1, -0.05) is 23.8 Å². The molecule has 7 heteroatoms. The molecule has 4 rings (SSSR count). The van der Waals surface area contributed by atoms with Gasteiger partial charge in [0.15, 0.2) is 0 Å². The van der Waals surface area contributed by atoms with Crippen LogP contribution in [-0.4, -0.2) is 50.3 Å². The Hall–Kier alpha value is -2.28. The van der Waals surface area contributed by atoms with E-state index in [1.54, 1.807) is 12.1 Å². The third-order valence-electron chi connectivity index (χ3n) is 5.50. The van der Waals surface area contributed by atoms with E-state index in [-0.39, 0.29) is 11.7 Å². The molecule has 27 heavy (non-hydrogen) atoms. The highest BCUT2D eigenvalue weighted by Gasteiger charge is 2.24. The maximum absolute atomic E-state index is 13.1. The highest BCUT2D eigenvalue weighted by Crippen LogP contribution is 2.19. The van der Waals surface area contributed by atoms with Crippen LogP contribution in [0.1, 0.15) is 42.6 Å². The van der Waals surface area contributed by atoms with Crippen molar-refractivity contribution in [3.05, 3.63) is 47.0 Å². The number of aryl methyl sites for hydroxylation is 1. The first kappa shape index (κ1) is 18.1. The van der Waals surface area contributed by atoms with Gasteiger partial charge in [0.1, 0.15) is 11.5 Å². The molecule has 0 radical (unpaired) electrons. The number of halogens is 1. The first-order valence-corrected chi connectivity index (χ1v) is 9.85. The fourth-order valence-electron chi connectivity index (χ4n) is 3.95. The number of amides is 1. The first-order valence-electron chi connectivity index (χ1n) is 9.85. The highest BCUT2D eigenvalue weighted by atomic mass is 19.1. The maximum atomic E-state index is 13.1. The summed E-state index contributed by atoms with van der Waals surface area (Å²) in [5, 5.41) is 8.74. The Morgan fingerprint density at radius 1 is 1.00 bits per heavy atom. The van der Waals surface area contributed by atoms with E-state index in [4.69, 9.17) is 0 Å². The molecule has 2 aromatic rings. The number of carbonyl (C=O) groups is 1. The topological polar surface area (TPSA) is 54.3 Å². The number of piperidine rings is 1. The van der Waals surface area contributed by atoms with E-state index in [1.165, 1.54) is 31.4 Å². The van der Waals surface area contributed by atoms with Crippen LogP contribution in [0.15, 0.2) is 24.3 Å². The molecular formula is C20H26FN5O. The van der Waals surface area contributed by atoms with E-state index in [9.17, 15) is 9.18 Å². The number of nitrogens with zero attached hydrogens (tertiary/aromatic N) is 5. The van der Waals surface area contributed by atoms with Crippen LogP contribution >= 0.6 is 0 Å². The summed E-state index contributed by atoms with van der Waals surface area (Å²) in [7, 11) is 0. The van der Waals surface area contributed by atoms with Gasteiger partial charge in [0, 0.05) is 19.6 Å². The quantitative estimate of drug-likeness (QED) is 0.828. The van der Waals surface area contributed by atoms with Gasteiger partial charge >= 0.3 is 0 Å². The SMILES string of the molecule is O=C(Cc1ccc(F)cc1)N1CCCn2nnc(CN3CCCCC3)c2C1. The molecule has 3 heterocycles. The minimum atomic E-state index is -0.279. The lowest BCUT2D eigenvalue weighted by Crippen LogP contribution is -2.33. The summed E-state index contributed by atoms with van der Waals surface area (Å²) in [5.41, 5.74) is 2.90. The van der Waals surface area contributed by atoms with Crippen LogP contribution in [0.3, 0.4) is 0 Å². The number of hydrogen-bond acceptors (Lipinski definition) is 4. The smallest absolute Gasteiger partial charge is 0.227 e. The van der Waals surface area contributed by atoms with E-state index in [2.05, 4.69) is 15.2 Å². The molecule has 0 N–H and O–H groups in total. The largest absolute Gasteiger partial charge is 0.336 e. The summed E-state index contributed by atoms with van der Waals surface area (Å²) >= 11 is 0. The van der Waals surface area contributed by atoms with Gasteiger partial charge in [-0.3, -0.25) is 9.69 Å². The van der Waals surface area contributed by atoms with Crippen LogP contribution in [0.4, 0.5) is 4.39 Å². The van der Waals surface area contributed by atoms with Gasteiger partial charge in [0.05, 0.1) is 18.7 Å². The van der Waals surface area contributed by atoms with Crippen LogP contribution in [0.25, 0.3) is 0 Å². The minimum absolute atomic E-state index is 0.0696. The van der Waals surface area contributed by atoms with Crippen molar-refractivity contribution in [2.45, 2.75) is 51.7 Å². The molecule has 0 atom stereocenters. The molecule has 0 aliphatic carbocycles. The summed E-state index contributed by atoms with van der Waals surface area (Å²) in [6, 6.07) is 6.17. The van der Waals surface area contributed by atoms with Gasteiger partial charge in [-0.15, -0.1) is 5.10 Å². The lowest BCUT2D eigenvalue weighted by Gasteiger charge is -2.26. The van der Waals surface area contributed by atoms with E-state index < -0.39 is 0 Å². The summed E-state index contributed by atoms with van der Waals surface area (Å²) in [5.74, 6) is -0.210. The molecule has 1 aromatic carbocycles. The Morgan fingerprint density at radius 2 is 1.78 bits per heavy atom. The van der Waals surface area contributed by atoms with E-state index in [1.807, 2.05) is 9.58 Å². The fourth-order valence-corrected chi connectivity index (χ4v) is 3.95. The lowest BCUT2D eigenvalue weighted by atomic mass is 10.1. The standard InChI is InChI=1S/C20H26FN5O/c21-17-7-5-16(6-8-17)13-20(27)25-11-4-12-26-19(15-25)18(22-23-26)14-24-9-2-1-3-10-24/h5-8H,1-4,9-15H2. The van der Waals surface area contributed by atoms with E-state index >= 15 is 0 Å². The van der Waals surface area contributed by atoms with Gasteiger partial charge in [-0.05, 0) is 50.0 Å². The summed E-state index contributed by atoms with van der Waals surface area (Å²) in [6.45, 7) is 5.10. The lowest BCUT2D eigenvalue weighted by molar-refractivity contribution is -0.131. The Bertz CT molecular complexity index is 782. The number of rotatable bonds is 4. The van der Waals surface area contributed by atoms with Crippen molar-refractivity contribution in [2.75, 3.05) is 19.6 Å². The maximum Gasteiger partial charge on any atom is 0.227 e. The predicted octanol–water partition coefficient (Wildman–Crippen LogP) is 2.38. The molecule has 0 bridgehead atoms. The first-order chi connectivity index (χ1) is 13.2. The van der Waals surface area contributed by atoms with E-state index in [0.29, 0.717) is 19.5 Å². The molecule has 1 aromatic heterocycles. The number of carbonyl (C=O) groups excluding carboxylic acids is 1. The minimum Gasteiger partial charge on any atom is -0.336 e. The van der Waals surface area contributed by atoms with Crippen molar-refractivity contribution in [1.29, 1.82) is 0 Å². The molecule has 6 nitrogen and oxygen atoms in total. The Labute approximate surface area is 158 Å². The van der Waals surface area contributed by atoms with Crippen LogP contribution in [0.5, 0.6) is 0 Å². The van der Waals surface area contributed by atoms with Crippen LogP contribution in [0.2, 0.25) is 0 Å². The molecule has 1 saturated heterocycles. The van der Waals surface area contributed by atoms with Gasteiger partial charge in [0.25, 0.3) is 0 Å². The number of benzene rings is 1. The average Bonchev–Trinajstić information content (AvgIpc) is 2.92. The van der Waals surface area contributed by atoms with Crippen molar-refractivity contribution < 1.29 is 9.18 Å². The van der Waals surface area contributed by atoms with Gasteiger partial charge in [-0.25, -0.2) is 9.07 Å². The fraction of sp³-hybridized carbons (Fsp3) is 0.550. The number of fused-ring (bicyclic) bond motifs is 1. The predicted molar refractivity (Wildman–Crippen MR) is 99.3 cm³/mol. The highest BCUT2D eigenvalue weighted by molar-refractivity contribution is 5.78. The Kier molecular flexibility index (Phi) is 5.48. The summed E-state index contributed by atoms with van der Waals surface area (Å²) < 4.78 is 15.0. The molecule has 0 unspecified atom stereocenters.